The van der Waals surface area contributed by atoms with Gasteiger partial charge in [-0.05, 0) is 25.0 Å². The van der Waals surface area contributed by atoms with Crippen LogP contribution in [-0.2, 0) is 0 Å². The Balaban J connectivity index is 2.88. The minimum absolute atomic E-state index is 0.729. The average Bonchev–Trinajstić information content (AvgIpc) is 2.19. The van der Waals surface area contributed by atoms with Crippen LogP contribution in [0.2, 0.25) is 0 Å². The molecule has 0 aliphatic heterocycles. The first-order valence-corrected chi connectivity index (χ1v) is 2.40. The molecule has 0 radical (unpaired) electrons. The van der Waals surface area contributed by atoms with E-state index in [4.69, 9.17) is 4.42 Å². The van der Waals surface area contributed by atoms with Crippen molar-refractivity contribution in [2.75, 3.05) is 0 Å². The highest BCUT2D eigenvalue weighted by Crippen LogP contribution is 1.95. The summed E-state index contributed by atoms with van der Waals surface area (Å²) in [5.74, 6) is 6.23. The lowest BCUT2D eigenvalue weighted by Gasteiger charge is -1.71. The van der Waals surface area contributed by atoms with E-state index in [9.17, 15) is 0 Å². The summed E-state index contributed by atoms with van der Waals surface area (Å²) in [5, 5.41) is 0. The van der Waals surface area contributed by atoms with Gasteiger partial charge in [0.2, 0.25) is 0 Å². The third-order valence-corrected chi connectivity index (χ3v) is 0.769. The Hall–Kier alpha value is -1.16. The second-order valence-electron chi connectivity index (χ2n) is 1.35. The number of hydrogen-bond donors (Lipinski definition) is 0. The third-order valence-electron chi connectivity index (χ3n) is 0.769. The highest BCUT2D eigenvalue weighted by atomic mass is 16.3. The van der Waals surface area contributed by atoms with E-state index in [2.05, 4.69) is 11.8 Å². The molecule has 8 heavy (non-hydrogen) atoms. The molecule has 1 rings (SSSR count). The monoisotopic (exact) mass is 106 g/mol. The molecule has 0 aliphatic rings. The number of rotatable bonds is 0. The summed E-state index contributed by atoms with van der Waals surface area (Å²) in [7, 11) is 0. The van der Waals surface area contributed by atoms with Crippen molar-refractivity contribution in [3.63, 3.8) is 0 Å². The standard InChI is InChI=1S/C7H6O/c1-2-4-7-5-3-6-8-7/h3,5-6H,1H3. The first-order valence-electron chi connectivity index (χ1n) is 2.40. The molecule has 40 valence electrons. The first-order chi connectivity index (χ1) is 3.93. The van der Waals surface area contributed by atoms with E-state index >= 15 is 0 Å². The van der Waals surface area contributed by atoms with Gasteiger partial charge in [-0.25, -0.2) is 0 Å². The van der Waals surface area contributed by atoms with Gasteiger partial charge in [0.05, 0.1) is 6.26 Å². The Labute approximate surface area is 48.3 Å². The van der Waals surface area contributed by atoms with Gasteiger partial charge in [-0.3, -0.25) is 0 Å². The lowest BCUT2D eigenvalue weighted by Crippen LogP contribution is -1.57. The van der Waals surface area contributed by atoms with Crippen LogP contribution in [0.5, 0.6) is 0 Å². The van der Waals surface area contributed by atoms with Gasteiger partial charge in [0.25, 0.3) is 0 Å². The van der Waals surface area contributed by atoms with Crippen molar-refractivity contribution >= 4 is 0 Å². The maximum atomic E-state index is 4.90. The first kappa shape index (κ1) is 4.99. The highest BCUT2D eigenvalue weighted by Gasteiger charge is 1.81. The molecule has 0 bridgehead atoms. The van der Waals surface area contributed by atoms with E-state index in [1.807, 2.05) is 12.1 Å². The van der Waals surface area contributed by atoms with Gasteiger partial charge < -0.3 is 4.42 Å². The van der Waals surface area contributed by atoms with Crippen molar-refractivity contribution in [1.29, 1.82) is 0 Å². The Morgan fingerprint density at radius 1 is 1.62 bits per heavy atom. The molecule has 0 aromatic carbocycles. The van der Waals surface area contributed by atoms with Crippen LogP contribution in [0.1, 0.15) is 12.7 Å². The van der Waals surface area contributed by atoms with E-state index in [1.165, 1.54) is 0 Å². The highest BCUT2D eigenvalue weighted by molar-refractivity contribution is 5.22. The second-order valence-corrected chi connectivity index (χ2v) is 1.35. The molecular weight excluding hydrogens is 100 g/mol. The molecule has 0 aliphatic carbocycles. The summed E-state index contributed by atoms with van der Waals surface area (Å²) < 4.78 is 4.90. The molecule has 0 amide bonds. The Morgan fingerprint density at radius 2 is 2.50 bits per heavy atom. The normalized spacial score (nSPS) is 7.62. The zero-order valence-corrected chi connectivity index (χ0v) is 4.64. The van der Waals surface area contributed by atoms with Gasteiger partial charge in [0, 0.05) is 0 Å². The van der Waals surface area contributed by atoms with E-state index in [-0.39, 0.29) is 0 Å². The molecule has 1 heteroatoms. The molecular formula is C7H6O. The lowest BCUT2D eigenvalue weighted by molar-refractivity contribution is 0.554. The summed E-state index contributed by atoms with van der Waals surface area (Å²) >= 11 is 0. The fourth-order valence-corrected chi connectivity index (χ4v) is 0.473. The van der Waals surface area contributed by atoms with E-state index in [1.54, 1.807) is 13.2 Å². The Morgan fingerprint density at radius 3 is 3.00 bits per heavy atom. The maximum Gasteiger partial charge on any atom is 0.176 e. The van der Waals surface area contributed by atoms with Crippen LogP contribution < -0.4 is 0 Å². The fourth-order valence-electron chi connectivity index (χ4n) is 0.473. The van der Waals surface area contributed by atoms with Crippen LogP contribution in [-0.4, -0.2) is 0 Å². The molecule has 1 aromatic rings. The third kappa shape index (κ3) is 0.913. The van der Waals surface area contributed by atoms with Crippen molar-refractivity contribution in [3.8, 4) is 11.8 Å². The topological polar surface area (TPSA) is 13.1 Å². The Kier molecular flexibility index (Phi) is 1.39. The van der Waals surface area contributed by atoms with Crippen LogP contribution >= 0.6 is 0 Å². The maximum absolute atomic E-state index is 4.90. The molecule has 0 spiro atoms. The minimum atomic E-state index is 0.729. The van der Waals surface area contributed by atoms with Crippen LogP contribution in [0.25, 0.3) is 0 Å². The quantitative estimate of drug-likeness (QED) is 0.458. The van der Waals surface area contributed by atoms with Gasteiger partial charge in [-0.15, -0.1) is 0 Å². The van der Waals surface area contributed by atoms with Gasteiger partial charge in [0.1, 0.15) is 0 Å². The predicted octanol–water partition coefficient (Wildman–Crippen LogP) is 1.65. The Bertz CT molecular complexity index is 198. The van der Waals surface area contributed by atoms with E-state index in [0.29, 0.717) is 0 Å². The van der Waals surface area contributed by atoms with Gasteiger partial charge in [-0.1, -0.05) is 5.92 Å². The zero-order chi connectivity index (χ0) is 5.82. The number of furan rings is 1. The summed E-state index contributed by atoms with van der Waals surface area (Å²) in [6, 6.07) is 3.65. The molecule has 0 N–H and O–H groups in total. The van der Waals surface area contributed by atoms with Crippen molar-refractivity contribution in [2.45, 2.75) is 6.92 Å². The zero-order valence-electron chi connectivity index (χ0n) is 4.64. The van der Waals surface area contributed by atoms with Crippen molar-refractivity contribution in [1.82, 2.24) is 0 Å². The molecule has 0 saturated heterocycles. The number of hydrogen-bond acceptors (Lipinski definition) is 1. The molecule has 0 atom stereocenters. The molecule has 1 heterocycles. The van der Waals surface area contributed by atoms with Crippen LogP contribution in [0.15, 0.2) is 22.8 Å². The molecule has 0 unspecified atom stereocenters. The summed E-state index contributed by atoms with van der Waals surface area (Å²) in [6.07, 6.45) is 1.61. The largest absolute Gasteiger partial charge is 0.456 e. The average molecular weight is 106 g/mol. The van der Waals surface area contributed by atoms with Crippen molar-refractivity contribution < 1.29 is 4.42 Å². The van der Waals surface area contributed by atoms with Crippen molar-refractivity contribution in [3.05, 3.63) is 24.2 Å². The summed E-state index contributed by atoms with van der Waals surface area (Å²) in [5.41, 5.74) is 0. The predicted molar refractivity (Wildman–Crippen MR) is 31.3 cm³/mol. The molecule has 0 saturated carbocycles. The van der Waals surface area contributed by atoms with Crippen LogP contribution in [0.3, 0.4) is 0 Å². The second kappa shape index (κ2) is 2.23. The fraction of sp³-hybridized carbons (Fsp3) is 0.143. The lowest BCUT2D eigenvalue weighted by atomic mass is 10.4. The van der Waals surface area contributed by atoms with E-state index < -0.39 is 0 Å². The smallest absolute Gasteiger partial charge is 0.176 e. The van der Waals surface area contributed by atoms with Gasteiger partial charge in [0.15, 0.2) is 5.76 Å². The molecule has 1 nitrogen and oxygen atoms in total. The molecule has 0 fully saturated rings. The van der Waals surface area contributed by atoms with Gasteiger partial charge in [-0.2, -0.15) is 0 Å². The summed E-state index contributed by atoms with van der Waals surface area (Å²) in [6.45, 7) is 1.78. The van der Waals surface area contributed by atoms with Crippen LogP contribution in [0.4, 0.5) is 0 Å². The van der Waals surface area contributed by atoms with E-state index in [0.717, 1.165) is 5.76 Å². The minimum Gasteiger partial charge on any atom is -0.456 e. The summed E-state index contributed by atoms with van der Waals surface area (Å²) in [4.78, 5) is 0. The SMILES string of the molecule is CC#Cc1ccco1. The van der Waals surface area contributed by atoms with Gasteiger partial charge >= 0.3 is 0 Å². The van der Waals surface area contributed by atoms with Crippen molar-refractivity contribution in [2.24, 2.45) is 0 Å². The van der Waals surface area contributed by atoms with Crippen LogP contribution in [0, 0.1) is 11.8 Å². The molecule has 1 aromatic heterocycles.